The van der Waals surface area contributed by atoms with Crippen LogP contribution in [0.5, 0.6) is 5.75 Å². The van der Waals surface area contributed by atoms with E-state index in [1.807, 2.05) is 42.6 Å². The van der Waals surface area contributed by atoms with E-state index in [0.717, 1.165) is 21.5 Å². The molecule has 0 aliphatic carbocycles. The zero-order valence-corrected chi connectivity index (χ0v) is 11.3. The van der Waals surface area contributed by atoms with Gasteiger partial charge in [0.25, 0.3) is 0 Å². The van der Waals surface area contributed by atoms with E-state index in [1.54, 1.807) is 6.20 Å². The molecule has 3 aromatic rings. The molecule has 2 aromatic heterocycles. The summed E-state index contributed by atoms with van der Waals surface area (Å²) in [5.74, 6) is 0.838. The molecular weight excluding hydrogens is 258 g/mol. The van der Waals surface area contributed by atoms with Gasteiger partial charge >= 0.3 is 0 Å². The Morgan fingerprint density at radius 3 is 3.00 bits per heavy atom. The average molecular weight is 271 g/mol. The Morgan fingerprint density at radius 2 is 2.26 bits per heavy atom. The number of hydrogen-bond acceptors (Lipinski definition) is 3. The number of aromatic nitrogens is 1. The lowest BCUT2D eigenvalue weighted by atomic mass is 10.1. The van der Waals surface area contributed by atoms with Crippen molar-refractivity contribution in [1.82, 2.24) is 4.98 Å². The van der Waals surface area contributed by atoms with E-state index >= 15 is 0 Å². The number of hydrogen-bond donors (Lipinski definition) is 1. The smallest absolute Gasteiger partial charge is 0.205 e. The SMILES string of the molecule is CCOc1ccc2[nH]cc(C(=O)c3cccs3)c2c1. The van der Waals surface area contributed by atoms with Gasteiger partial charge in [-0.25, -0.2) is 0 Å². The quantitative estimate of drug-likeness (QED) is 0.732. The maximum atomic E-state index is 12.4. The zero-order valence-electron chi connectivity index (χ0n) is 10.5. The highest BCUT2D eigenvalue weighted by atomic mass is 32.1. The van der Waals surface area contributed by atoms with Gasteiger partial charge in [-0.15, -0.1) is 11.3 Å². The molecule has 3 rings (SSSR count). The number of H-pyrrole nitrogens is 1. The molecule has 0 saturated carbocycles. The third-order valence-electron chi connectivity index (χ3n) is 2.95. The van der Waals surface area contributed by atoms with Gasteiger partial charge in [0.15, 0.2) is 0 Å². The number of benzene rings is 1. The number of carbonyl (C=O) groups is 1. The minimum absolute atomic E-state index is 0.0508. The molecule has 0 aliphatic rings. The first-order chi connectivity index (χ1) is 9.29. The molecule has 2 heterocycles. The topological polar surface area (TPSA) is 42.1 Å². The van der Waals surface area contributed by atoms with Gasteiger partial charge in [0.2, 0.25) is 5.78 Å². The standard InChI is InChI=1S/C15H13NO2S/c1-2-18-10-5-6-13-11(8-10)12(9-16-13)15(17)14-4-3-7-19-14/h3-9,16H,2H2,1H3. The Bertz CT molecular complexity index is 713. The molecule has 0 fully saturated rings. The van der Waals surface area contributed by atoms with E-state index in [4.69, 9.17) is 4.74 Å². The summed E-state index contributed by atoms with van der Waals surface area (Å²) in [5.41, 5.74) is 1.64. The van der Waals surface area contributed by atoms with Gasteiger partial charge in [-0.05, 0) is 36.6 Å². The predicted molar refractivity (Wildman–Crippen MR) is 77.2 cm³/mol. The summed E-state index contributed by atoms with van der Waals surface area (Å²) in [6, 6.07) is 9.49. The van der Waals surface area contributed by atoms with E-state index < -0.39 is 0 Å². The fraction of sp³-hybridized carbons (Fsp3) is 0.133. The third-order valence-corrected chi connectivity index (χ3v) is 3.82. The van der Waals surface area contributed by atoms with Crippen molar-refractivity contribution < 1.29 is 9.53 Å². The molecule has 0 atom stereocenters. The van der Waals surface area contributed by atoms with Crippen molar-refractivity contribution in [2.45, 2.75) is 6.92 Å². The minimum atomic E-state index is 0.0508. The van der Waals surface area contributed by atoms with E-state index in [1.165, 1.54) is 11.3 Å². The highest BCUT2D eigenvalue weighted by molar-refractivity contribution is 7.12. The molecule has 19 heavy (non-hydrogen) atoms. The molecule has 4 heteroatoms. The average Bonchev–Trinajstić information content (AvgIpc) is 3.07. The van der Waals surface area contributed by atoms with Gasteiger partial charge in [0.05, 0.1) is 11.5 Å². The summed E-state index contributed by atoms with van der Waals surface area (Å²) in [7, 11) is 0. The maximum Gasteiger partial charge on any atom is 0.205 e. The number of fused-ring (bicyclic) bond motifs is 1. The van der Waals surface area contributed by atoms with Crippen molar-refractivity contribution in [3.05, 3.63) is 52.3 Å². The number of thiophene rings is 1. The van der Waals surface area contributed by atoms with Crippen LogP contribution in [0.3, 0.4) is 0 Å². The second-order valence-corrected chi connectivity index (χ2v) is 5.10. The molecule has 1 N–H and O–H groups in total. The van der Waals surface area contributed by atoms with Crippen molar-refractivity contribution in [1.29, 1.82) is 0 Å². The Balaban J connectivity index is 2.08. The van der Waals surface area contributed by atoms with Crippen LogP contribution in [-0.4, -0.2) is 17.4 Å². The normalized spacial score (nSPS) is 10.8. The molecule has 0 bridgehead atoms. The molecular formula is C15H13NO2S. The van der Waals surface area contributed by atoms with Crippen LogP contribution in [0.4, 0.5) is 0 Å². The lowest BCUT2D eigenvalue weighted by molar-refractivity contribution is 0.104. The molecule has 0 saturated heterocycles. The van der Waals surface area contributed by atoms with Gasteiger partial charge in [-0.3, -0.25) is 4.79 Å². The lowest BCUT2D eigenvalue weighted by Gasteiger charge is -2.03. The maximum absolute atomic E-state index is 12.4. The van der Waals surface area contributed by atoms with Crippen LogP contribution in [0, 0.1) is 0 Å². The van der Waals surface area contributed by atoms with Gasteiger partial charge in [-0.1, -0.05) is 6.07 Å². The number of carbonyl (C=O) groups excluding carboxylic acids is 1. The second-order valence-electron chi connectivity index (χ2n) is 4.15. The van der Waals surface area contributed by atoms with Gasteiger partial charge < -0.3 is 9.72 Å². The number of aromatic amines is 1. The monoisotopic (exact) mass is 271 g/mol. The van der Waals surface area contributed by atoms with Gasteiger partial charge in [-0.2, -0.15) is 0 Å². The molecule has 0 aliphatic heterocycles. The first kappa shape index (κ1) is 12.0. The predicted octanol–water partition coefficient (Wildman–Crippen LogP) is 3.86. The number of ketones is 1. The van der Waals surface area contributed by atoms with Crippen LogP contribution in [-0.2, 0) is 0 Å². The molecule has 0 amide bonds. The van der Waals surface area contributed by atoms with E-state index in [2.05, 4.69) is 4.98 Å². The van der Waals surface area contributed by atoms with Crippen molar-refractivity contribution in [2.24, 2.45) is 0 Å². The molecule has 0 unspecified atom stereocenters. The Morgan fingerprint density at radius 1 is 1.37 bits per heavy atom. The summed E-state index contributed by atoms with van der Waals surface area (Å²) in [6.45, 7) is 2.56. The van der Waals surface area contributed by atoms with Crippen LogP contribution in [0.25, 0.3) is 10.9 Å². The highest BCUT2D eigenvalue weighted by Gasteiger charge is 2.15. The first-order valence-electron chi connectivity index (χ1n) is 6.11. The first-order valence-corrected chi connectivity index (χ1v) is 6.99. The molecule has 1 aromatic carbocycles. The Kier molecular flexibility index (Phi) is 3.09. The van der Waals surface area contributed by atoms with Crippen molar-refractivity contribution in [3.8, 4) is 5.75 Å². The Labute approximate surface area is 114 Å². The molecule has 3 nitrogen and oxygen atoms in total. The van der Waals surface area contributed by atoms with Crippen LogP contribution < -0.4 is 4.74 Å². The fourth-order valence-corrected chi connectivity index (χ4v) is 2.76. The summed E-state index contributed by atoms with van der Waals surface area (Å²) in [4.78, 5) is 16.3. The van der Waals surface area contributed by atoms with Crippen molar-refractivity contribution in [3.63, 3.8) is 0 Å². The van der Waals surface area contributed by atoms with Gasteiger partial charge in [0, 0.05) is 22.7 Å². The number of nitrogens with one attached hydrogen (secondary N) is 1. The van der Waals surface area contributed by atoms with E-state index in [-0.39, 0.29) is 5.78 Å². The van der Waals surface area contributed by atoms with Crippen LogP contribution in [0.2, 0.25) is 0 Å². The van der Waals surface area contributed by atoms with Crippen molar-refractivity contribution in [2.75, 3.05) is 6.61 Å². The molecule has 0 spiro atoms. The summed E-state index contributed by atoms with van der Waals surface area (Å²) < 4.78 is 5.49. The second kappa shape index (κ2) is 4.90. The van der Waals surface area contributed by atoms with Crippen LogP contribution in [0.1, 0.15) is 22.2 Å². The largest absolute Gasteiger partial charge is 0.494 e. The van der Waals surface area contributed by atoms with E-state index in [9.17, 15) is 4.79 Å². The minimum Gasteiger partial charge on any atom is -0.494 e. The number of rotatable bonds is 4. The van der Waals surface area contributed by atoms with Gasteiger partial charge in [0.1, 0.15) is 5.75 Å². The fourth-order valence-electron chi connectivity index (χ4n) is 2.08. The summed E-state index contributed by atoms with van der Waals surface area (Å²) >= 11 is 1.46. The lowest BCUT2D eigenvalue weighted by Crippen LogP contribution is -1.97. The van der Waals surface area contributed by atoms with Crippen LogP contribution in [0.15, 0.2) is 41.9 Å². The third kappa shape index (κ3) is 2.15. The van der Waals surface area contributed by atoms with Crippen molar-refractivity contribution >= 4 is 28.0 Å². The highest BCUT2D eigenvalue weighted by Crippen LogP contribution is 2.26. The molecule has 0 radical (unpaired) electrons. The Hall–Kier alpha value is -2.07. The van der Waals surface area contributed by atoms with E-state index in [0.29, 0.717) is 12.2 Å². The molecule has 96 valence electrons. The summed E-state index contributed by atoms with van der Waals surface area (Å²) in [6.07, 6.45) is 1.77. The zero-order chi connectivity index (χ0) is 13.2. The summed E-state index contributed by atoms with van der Waals surface area (Å²) in [5, 5.41) is 2.82. The van der Waals surface area contributed by atoms with Crippen LogP contribution >= 0.6 is 11.3 Å². The number of ether oxygens (including phenoxy) is 1.